The first-order valence-corrected chi connectivity index (χ1v) is 23.7. The van der Waals surface area contributed by atoms with Gasteiger partial charge in [0.25, 0.3) is 0 Å². The van der Waals surface area contributed by atoms with Gasteiger partial charge in [0.1, 0.15) is 18.1 Å². The van der Waals surface area contributed by atoms with E-state index < -0.39 is 11.9 Å². The number of rotatable bonds is 27. The van der Waals surface area contributed by atoms with Crippen molar-refractivity contribution in [2.45, 2.75) is 171 Å². The number of unbranched alkanes of at least 4 members (excludes halogenated alkanes) is 11. The predicted octanol–water partition coefficient (Wildman–Crippen LogP) is 11.0. The second-order valence-electron chi connectivity index (χ2n) is 16.7. The van der Waals surface area contributed by atoms with Gasteiger partial charge in [0.2, 0.25) is 5.79 Å². The highest BCUT2D eigenvalue weighted by Gasteiger charge is 2.64. The lowest BCUT2D eigenvalue weighted by molar-refractivity contribution is -0.223. The van der Waals surface area contributed by atoms with Gasteiger partial charge < -0.3 is 34.6 Å². The quantitative estimate of drug-likeness (QED) is 0.0457. The van der Waals surface area contributed by atoms with Crippen LogP contribution in [0.1, 0.15) is 160 Å². The van der Waals surface area contributed by atoms with Crippen LogP contribution in [-0.4, -0.2) is 71.3 Å². The molecule has 9 nitrogen and oxygen atoms in total. The Morgan fingerprint density at radius 3 is 2.35 bits per heavy atom. The number of allylic oxidation sites excluding steroid dienone is 1. The molecule has 0 spiro atoms. The number of oxime groups is 1. The number of fused-ring (bicyclic) bond motifs is 2. The van der Waals surface area contributed by atoms with Gasteiger partial charge in [-0.3, -0.25) is 0 Å². The number of ether oxygens (including phenoxy) is 3. The molecule has 57 heavy (non-hydrogen) atoms. The van der Waals surface area contributed by atoms with Gasteiger partial charge in [-0.15, -0.1) is 18.3 Å². The Bertz CT molecular complexity index is 1430. The van der Waals surface area contributed by atoms with Gasteiger partial charge >= 0.3 is 6.09 Å². The summed E-state index contributed by atoms with van der Waals surface area (Å²) in [6, 6.07) is 5.85. The van der Waals surface area contributed by atoms with Gasteiger partial charge in [-0.2, -0.15) is 0 Å². The van der Waals surface area contributed by atoms with Crippen molar-refractivity contribution in [1.29, 1.82) is 0 Å². The monoisotopic (exact) mass is 811 g/mol. The van der Waals surface area contributed by atoms with Gasteiger partial charge in [0.05, 0.1) is 23.5 Å². The summed E-state index contributed by atoms with van der Waals surface area (Å²) in [6.45, 7) is 10.0. The third-order valence-corrected chi connectivity index (χ3v) is 14.3. The normalized spacial score (nSPS) is 26.0. The van der Waals surface area contributed by atoms with Crippen molar-refractivity contribution in [3.63, 3.8) is 0 Å². The molecule has 320 valence electrons. The standard InChI is InChI=1S/C47H74N2O7S/c1-4-7-8-9-10-11-12-13-14-19-28-48-46(52)55-36-26-27-42-40(33-36)44-38(25-18-21-30-51)35(22-17-20-29-50)32-39-41(49-54-6-3)34-43(57-37-23-15-16-24-37)47(56-42,45(39)44)53-31-5-2/h5,26-27,32-33,35,37-38,43-45,50-51H,2,4,6-25,28-31,34H2,1,3H3,(H,48,52). The Balaban J connectivity index is 1.44. The number of thioether (sulfide) groups is 1. The molecule has 4 aliphatic rings. The average Bonchev–Trinajstić information content (AvgIpc) is 3.74. The van der Waals surface area contributed by atoms with Crippen molar-refractivity contribution in [3.8, 4) is 11.5 Å². The highest BCUT2D eigenvalue weighted by Crippen LogP contribution is 2.63. The van der Waals surface area contributed by atoms with Crippen molar-refractivity contribution in [1.82, 2.24) is 5.32 Å². The van der Waals surface area contributed by atoms with Crippen LogP contribution < -0.4 is 14.8 Å². The smallest absolute Gasteiger partial charge is 0.412 e. The third-order valence-electron chi connectivity index (χ3n) is 12.6. The molecule has 1 amide bonds. The van der Waals surface area contributed by atoms with Gasteiger partial charge in [-0.05, 0) is 87.5 Å². The zero-order chi connectivity index (χ0) is 40.3. The minimum absolute atomic E-state index is 0.0333. The van der Waals surface area contributed by atoms with Crippen molar-refractivity contribution in [2.24, 2.45) is 22.9 Å². The number of hydrogen-bond acceptors (Lipinski definition) is 9. The molecule has 5 rings (SSSR count). The second-order valence-corrected chi connectivity index (χ2v) is 18.2. The summed E-state index contributed by atoms with van der Waals surface area (Å²) in [4.78, 5) is 19.0. The van der Waals surface area contributed by atoms with Crippen LogP contribution in [0.15, 0.2) is 47.7 Å². The molecule has 6 atom stereocenters. The predicted molar refractivity (Wildman–Crippen MR) is 232 cm³/mol. The number of carbonyl (C=O) groups is 1. The fourth-order valence-electron chi connectivity index (χ4n) is 9.85. The van der Waals surface area contributed by atoms with Crippen LogP contribution in [0.2, 0.25) is 0 Å². The number of aliphatic hydroxyl groups is 2. The SMILES string of the molecule is C=CCOC12Oc3ccc(OC(=O)NCCCCCCCCCCCC)cc3C3C(CCCCO)C(CCCCO)C=C(C(=NOCC)CC1SC1CCCC1)C32. The maximum atomic E-state index is 13.2. The summed E-state index contributed by atoms with van der Waals surface area (Å²) >= 11 is 2.00. The fourth-order valence-corrected chi connectivity index (χ4v) is 11.6. The number of nitrogens with one attached hydrogen (secondary N) is 1. The summed E-state index contributed by atoms with van der Waals surface area (Å²) < 4.78 is 20.3. The summed E-state index contributed by atoms with van der Waals surface area (Å²) in [5, 5.41) is 28.0. The largest absolute Gasteiger partial charge is 0.460 e. The molecule has 10 heteroatoms. The van der Waals surface area contributed by atoms with E-state index in [1.54, 1.807) is 0 Å². The Labute approximate surface area is 348 Å². The Morgan fingerprint density at radius 2 is 1.67 bits per heavy atom. The van der Waals surface area contributed by atoms with Crippen LogP contribution in [0.3, 0.4) is 0 Å². The van der Waals surface area contributed by atoms with Crippen LogP contribution in [0.25, 0.3) is 0 Å². The molecule has 2 saturated carbocycles. The lowest BCUT2D eigenvalue weighted by Gasteiger charge is -2.58. The van der Waals surface area contributed by atoms with E-state index in [1.807, 2.05) is 43.0 Å². The molecule has 3 N–H and O–H groups in total. The molecular formula is C47H74N2O7S. The molecule has 1 heterocycles. The maximum Gasteiger partial charge on any atom is 0.412 e. The highest BCUT2D eigenvalue weighted by molar-refractivity contribution is 8.00. The molecule has 6 unspecified atom stereocenters. The average molecular weight is 811 g/mol. The first kappa shape index (κ1) is 45.6. The van der Waals surface area contributed by atoms with E-state index >= 15 is 0 Å². The Morgan fingerprint density at radius 1 is 0.965 bits per heavy atom. The number of carbonyl (C=O) groups excluding carboxylic acids is 1. The minimum Gasteiger partial charge on any atom is -0.460 e. The van der Waals surface area contributed by atoms with Crippen LogP contribution in [0.5, 0.6) is 11.5 Å². The number of nitrogens with zero attached hydrogens (tertiary/aromatic N) is 1. The second kappa shape index (κ2) is 24.5. The molecular weight excluding hydrogens is 737 g/mol. The maximum absolute atomic E-state index is 13.2. The fraction of sp³-hybridized carbons (Fsp3) is 0.745. The van der Waals surface area contributed by atoms with E-state index in [0.717, 1.165) is 74.0 Å². The topological polar surface area (TPSA) is 119 Å². The van der Waals surface area contributed by atoms with Crippen molar-refractivity contribution in [2.75, 3.05) is 33.0 Å². The molecule has 0 radical (unpaired) electrons. The number of amides is 1. The van der Waals surface area contributed by atoms with E-state index in [0.29, 0.717) is 37.2 Å². The molecule has 3 aliphatic carbocycles. The van der Waals surface area contributed by atoms with Crippen molar-refractivity contribution < 1.29 is 34.1 Å². The Hall–Kier alpha value is -2.53. The molecule has 1 aromatic carbocycles. The summed E-state index contributed by atoms with van der Waals surface area (Å²) in [7, 11) is 0. The van der Waals surface area contributed by atoms with Gasteiger partial charge in [-0.1, -0.05) is 108 Å². The number of aliphatic hydroxyl groups excluding tert-OH is 2. The van der Waals surface area contributed by atoms with Crippen LogP contribution >= 0.6 is 11.8 Å². The minimum atomic E-state index is -0.976. The molecule has 0 saturated heterocycles. The molecule has 2 fully saturated rings. The van der Waals surface area contributed by atoms with Crippen LogP contribution in [0.4, 0.5) is 4.79 Å². The van der Waals surface area contributed by atoms with Gasteiger partial charge in [0.15, 0.2) is 0 Å². The summed E-state index contributed by atoms with van der Waals surface area (Å²) in [5.41, 5.74) is 3.11. The molecule has 0 aromatic heterocycles. The van der Waals surface area contributed by atoms with E-state index in [1.165, 1.54) is 77.0 Å². The van der Waals surface area contributed by atoms with Gasteiger partial charge in [0, 0.05) is 42.9 Å². The Kier molecular flexibility index (Phi) is 19.6. The lowest BCUT2D eigenvalue weighted by atomic mass is 9.56. The zero-order valence-electron chi connectivity index (χ0n) is 35.2. The van der Waals surface area contributed by atoms with Crippen LogP contribution in [0, 0.1) is 17.8 Å². The van der Waals surface area contributed by atoms with E-state index in [-0.39, 0.29) is 42.1 Å². The molecule has 1 aromatic rings. The van der Waals surface area contributed by atoms with Crippen molar-refractivity contribution >= 4 is 23.6 Å². The summed E-state index contributed by atoms with van der Waals surface area (Å²) in [5.74, 6) is 0.463. The van der Waals surface area contributed by atoms with Crippen molar-refractivity contribution in [3.05, 3.63) is 48.1 Å². The van der Waals surface area contributed by atoms with Crippen LogP contribution in [-0.2, 0) is 9.57 Å². The molecule has 0 bridgehead atoms. The zero-order valence-corrected chi connectivity index (χ0v) is 36.1. The first-order valence-electron chi connectivity index (χ1n) is 22.8. The lowest BCUT2D eigenvalue weighted by Crippen LogP contribution is -2.64. The van der Waals surface area contributed by atoms with E-state index in [4.69, 9.17) is 24.2 Å². The number of benzene rings is 1. The third kappa shape index (κ3) is 12.5. The highest BCUT2D eigenvalue weighted by atomic mass is 32.2. The van der Waals surface area contributed by atoms with E-state index in [2.05, 4.69) is 24.9 Å². The van der Waals surface area contributed by atoms with Gasteiger partial charge in [-0.25, -0.2) is 4.79 Å². The summed E-state index contributed by atoms with van der Waals surface area (Å²) in [6.07, 6.45) is 26.9. The first-order chi connectivity index (χ1) is 28.0. The number of hydrogen-bond donors (Lipinski definition) is 3. The van der Waals surface area contributed by atoms with E-state index in [9.17, 15) is 15.0 Å². The molecule has 1 aliphatic heterocycles.